The molecule has 0 bridgehead atoms. The van der Waals surface area contributed by atoms with E-state index in [-0.39, 0.29) is 34.4 Å². The standard InChI is InChI=1S/C22H22N6O2.C21H23N5O2/c1-27-12-17(11-25-27)15-2-4-16(5-3-15)19-8-20(30-26-19)21(29)28-7-6-22(13-28)9-18(10-22)24-14-23;1-25-12-16(11-23-25)14-2-4-15(5-3-14)18-8-19(28-24-18)20(27)26-7-6-21(13-26)9-17(22)10-21/h2-5,8,11-12,18,24H,6-7,9-10,13H2,1H3;2-5,8,11-12,17H,6-7,9-10,13,22H2,1H3. The summed E-state index contributed by atoms with van der Waals surface area (Å²) in [4.78, 5) is 29.4. The molecule has 4 aliphatic rings. The van der Waals surface area contributed by atoms with Gasteiger partial charge in [-0.2, -0.15) is 15.5 Å². The van der Waals surface area contributed by atoms with Gasteiger partial charge in [-0.05, 0) is 60.5 Å². The number of nitrogens with zero attached hydrogens (tertiary/aromatic N) is 9. The lowest BCUT2D eigenvalue weighted by Crippen LogP contribution is -2.49. The molecule has 10 rings (SSSR count). The summed E-state index contributed by atoms with van der Waals surface area (Å²) in [5.41, 5.74) is 13.7. The van der Waals surface area contributed by atoms with E-state index in [1.807, 2.05) is 103 Å². The number of hydrogen-bond acceptors (Lipinski definition) is 11. The van der Waals surface area contributed by atoms with Crippen LogP contribution in [0.4, 0.5) is 0 Å². The highest BCUT2D eigenvalue weighted by atomic mass is 16.5. The molecule has 3 N–H and O–H groups in total. The first kappa shape index (κ1) is 37.1. The number of benzene rings is 2. The number of nitrogens with two attached hydrogens (primary N) is 1. The Balaban J connectivity index is 0.000000151. The summed E-state index contributed by atoms with van der Waals surface area (Å²) in [6.45, 7) is 2.97. The van der Waals surface area contributed by atoms with Crippen molar-refractivity contribution in [1.82, 2.24) is 45.0 Å². The van der Waals surface area contributed by atoms with E-state index in [4.69, 9.17) is 20.0 Å². The van der Waals surface area contributed by atoms with Crippen molar-refractivity contribution in [3.63, 3.8) is 0 Å². The first-order valence-electron chi connectivity index (χ1n) is 19.7. The van der Waals surface area contributed by atoms with Crippen molar-refractivity contribution < 1.29 is 18.6 Å². The quantitative estimate of drug-likeness (QED) is 0.154. The van der Waals surface area contributed by atoms with Gasteiger partial charge in [0.1, 0.15) is 11.4 Å². The van der Waals surface area contributed by atoms with E-state index in [1.54, 1.807) is 21.5 Å². The second-order valence-corrected chi connectivity index (χ2v) is 16.6. The molecule has 0 radical (unpaired) electrons. The Morgan fingerprint density at radius 2 is 1.14 bits per heavy atom. The fourth-order valence-corrected chi connectivity index (χ4v) is 9.26. The van der Waals surface area contributed by atoms with E-state index in [9.17, 15) is 9.59 Å². The van der Waals surface area contributed by atoms with Crippen LogP contribution in [0, 0.1) is 22.3 Å². The summed E-state index contributed by atoms with van der Waals surface area (Å²) in [6, 6.07) is 19.9. The minimum Gasteiger partial charge on any atom is -0.350 e. The van der Waals surface area contributed by atoms with Gasteiger partial charge in [0.25, 0.3) is 11.8 Å². The lowest BCUT2D eigenvalue weighted by atomic mass is 9.65. The number of nitrogens with one attached hydrogen (secondary N) is 1. The van der Waals surface area contributed by atoms with Crippen LogP contribution in [0.1, 0.15) is 59.6 Å². The molecule has 4 aromatic heterocycles. The lowest BCUT2D eigenvalue weighted by molar-refractivity contribution is 0.0645. The molecule has 2 spiro atoms. The maximum atomic E-state index is 12.9. The molecule has 0 atom stereocenters. The van der Waals surface area contributed by atoms with Gasteiger partial charge in [-0.15, -0.1) is 0 Å². The molecule has 2 aromatic carbocycles. The number of amides is 2. The van der Waals surface area contributed by atoms with Gasteiger partial charge in [0.15, 0.2) is 6.19 Å². The van der Waals surface area contributed by atoms with Gasteiger partial charge >= 0.3 is 0 Å². The fourth-order valence-electron chi connectivity index (χ4n) is 9.26. The summed E-state index contributed by atoms with van der Waals surface area (Å²) < 4.78 is 14.3. The van der Waals surface area contributed by atoms with Crippen molar-refractivity contribution >= 4 is 11.8 Å². The van der Waals surface area contributed by atoms with Crippen LogP contribution in [0.3, 0.4) is 0 Å². The molecular formula is C43H45N11O4. The predicted octanol–water partition coefficient (Wildman–Crippen LogP) is 5.50. The van der Waals surface area contributed by atoms with Gasteiger partial charge in [0, 0.05) is 99.1 Å². The Kier molecular flexibility index (Phi) is 9.44. The number of nitriles is 1. The van der Waals surface area contributed by atoms with Crippen LogP contribution in [0.15, 0.2) is 94.5 Å². The number of carbonyl (C=O) groups excluding carboxylic acids is 2. The van der Waals surface area contributed by atoms with Gasteiger partial charge in [0.05, 0.1) is 12.4 Å². The molecule has 2 saturated carbocycles. The number of aryl methyl sites for hydroxylation is 2. The van der Waals surface area contributed by atoms with Crippen LogP contribution < -0.4 is 11.1 Å². The third-order valence-electron chi connectivity index (χ3n) is 12.3. The van der Waals surface area contributed by atoms with Crippen molar-refractivity contribution in [1.29, 1.82) is 5.26 Å². The third kappa shape index (κ3) is 7.27. The molecule has 2 amide bonds. The summed E-state index contributed by atoms with van der Waals surface area (Å²) in [5.74, 6) is 0.369. The number of carbonyl (C=O) groups is 2. The summed E-state index contributed by atoms with van der Waals surface area (Å²) >= 11 is 0. The van der Waals surface area contributed by atoms with Crippen LogP contribution in [0.5, 0.6) is 0 Å². The van der Waals surface area contributed by atoms with Crippen LogP contribution in [0.25, 0.3) is 44.8 Å². The minimum atomic E-state index is -0.116. The zero-order valence-corrected chi connectivity index (χ0v) is 32.5. The normalized spacial score (nSPS) is 23.3. The average Bonchev–Trinajstić information content (AvgIpc) is 4.07. The maximum Gasteiger partial charge on any atom is 0.292 e. The van der Waals surface area contributed by atoms with E-state index in [0.29, 0.717) is 36.3 Å². The van der Waals surface area contributed by atoms with Crippen LogP contribution >= 0.6 is 0 Å². The zero-order chi connectivity index (χ0) is 40.0. The maximum absolute atomic E-state index is 12.9. The zero-order valence-electron chi connectivity index (χ0n) is 32.5. The Labute approximate surface area is 335 Å². The Hall–Kier alpha value is -6.53. The monoisotopic (exact) mass is 779 g/mol. The Bertz CT molecular complexity index is 2480. The van der Waals surface area contributed by atoms with Gasteiger partial charge in [-0.25, -0.2) is 0 Å². The second-order valence-electron chi connectivity index (χ2n) is 16.6. The Morgan fingerprint density at radius 1 is 0.707 bits per heavy atom. The van der Waals surface area contributed by atoms with Crippen molar-refractivity contribution in [2.75, 3.05) is 26.2 Å². The highest BCUT2D eigenvalue weighted by Crippen LogP contribution is 2.49. The molecule has 6 heterocycles. The summed E-state index contributed by atoms with van der Waals surface area (Å²) in [7, 11) is 3.79. The fraction of sp³-hybridized carbons (Fsp3) is 0.372. The van der Waals surface area contributed by atoms with Crippen molar-refractivity contribution in [3.8, 4) is 51.0 Å². The first-order chi connectivity index (χ1) is 28.1. The molecule has 2 aliphatic heterocycles. The van der Waals surface area contributed by atoms with Gasteiger partial charge in [-0.3, -0.25) is 19.0 Å². The molecular weight excluding hydrogens is 735 g/mol. The third-order valence-corrected chi connectivity index (χ3v) is 12.3. The molecule has 296 valence electrons. The van der Waals surface area contributed by atoms with Gasteiger partial charge in [0.2, 0.25) is 11.5 Å². The van der Waals surface area contributed by atoms with E-state index in [1.165, 1.54) is 0 Å². The molecule has 2 aliphatic carbocycles. The number of aromatic nitrogens is 6. The number of hydrogen-bond donors (Lipinski definition) is 2. The van der Waals surface area contributed by atoms with Crippen molar-refractivity contribution in [2.24, 2.45) is 30.7 Å². The van der Waals surface area contributed by atoms with Crippen LogP contribution in [-0.4, -0.2) is 89.8 Å². The van der Waals surface area contributed by atoms with E-state index < -0.39 is 0 Å². The average molecular weight is 780 g/mol. The minimum absolute atomic E-state index is 0.0805. The number of likely N-dealkylation sites (tertiary alicyclic amines) is 2. The predicted molar refractivity (Wildman–Crippen MR) is 213 cm³/mol. The van der Waals surface area contributed by atoms with Crippen LogP contribution in [0.2, 0.25) is 0 Å². The molecule has 15 heteroatoms. The summed E-state index contributed by atoms with van der Waals surface area (Å²) in [5, 5.41) is 28.2. The molecule has 15 nitrogen and oxygen atoms in total. The van der Waals surface area contributed by atoms with Gasteiger partial charge < -0.3 is 29.9 Å². The van der Waals surface area contributed by atoms with Crippen molar-refractivity contribution in [2.45, 2.75) is 50.6 Å². The van der Waals surface area contributed by atoms with Crippen LogP contribution in [-0.2, 0) is 14.1 Å². The topological polar surface area (TPSA) is 190 Å². The van der Waals surface area contributed by atoms with Crippen molar-refractivity contribution in [3.05, 3.63) is 97.0 Å². The van der Waals surface area contributed by atoms with E-state index in [0.717, 1.165) is 85.0 Å². The van der Waals surface area contributed by atoms with Gasteiger partial charge in [-0.1, -0.05) is 58.8 Å². The molecule has 2 saturated heterocycles. The highest BCUT2D eigenvalue weighted by molar-refractivity contribution is 5.93. The largest absolute Gasteiger partial charge is 0.350 e. The second kappa shape index (κ2) is 14.8. The lowest BCUT2D eigenvalue weighted by Gasteiger charge is -2.44. The van der Waals surface area contributed by atoms with E-state index >= 15 is 0 Å². The molecule has 0 unspecified atom stereocenters. The molecule has 4 fully saturated rings. The highest BCUT2D eigenvalue weighted by Gasteiger charge is 2.50. The Morgan fingerprint density at radius 3 is 1.53 bits per heavy atom. The SMILES string of the molecule is Cn1cc(-c2ccc(-c3cc(C(=O)N4CCC5(CC(N)C5)C4)on3)cc2)cn1.Cn1cc(-c2ccc(-c3cc(C(=O)N4CCC5(CC(NC#N)C5)C4)on3)cc2)cn1. The first-order valence-corrected chi connectivity index (χ1v) is 19.7. The summed E-state index contributed by atoms with van der Waals surface area (Å²) in [6.07, 6.45) is 15.5. The smallest absolute Gasteiger partial charge is 0.292 e. The molecule has 6 aromatic rings. The number of rotatable bonds is 7. The molecule has 58 heavy (non-hydrogen) atoms. The van der Waals surface area contributed by atoms with E-state index in [2.05, 4.69) is 25.8 Å².